The fourth-order valence-electron chi connectivity index (χ4n) is 1.85. The molecule has 0 bridgehead atoms. The minimum Gasteiger partial charge on any atom is -0.351 e. The maximum absolute atomic E-state index is 11.8. The molecule has 3 nitrogen and oxygen atoms in total. The first-order chi connectivity index (χ1) is 7.75. The highest BCUT2D eigenvalue weighted by atomic mass is 79.9. The molecule has 1 aromatic heterocycles. The van der Waals surface area contributed by atoms with Gasteiger partial charge in [0, 0.05) is 10.8 Å². The molecule has 0 atom stereocenters. The van der Waals surface area contributed by atoms with Crippen LogP contribution < -0.4 is 10.6 Å². The van der Waals surface area contributed by atoms with E-state index < -0.39 is 0 Å². The van der Waals surface area contributed by atoms with Gasteiger partial charge in [0.1, 0.15) is 0 Å². The van der Waals surface area contributed by atoms with Crippen LogP contribution in [0.15, 0.2) is 15.9 Å². The Hall–Kier alpha value is -0.390. The highest BCUT2D eigenvalue weighted by Crippen LogP contribution is 2.22. The second-order valence-corrected chi connectivity index (χ2v) is 6.50. The lowest BCUT2D eigenvalue weighted by Crippen LogP contribution is -2.37. The van der Waals surface area contributed by atoms with Gasteiger partial charge in [-0.2, -0.15) is 0 Å². The average molecular weight is 303 g/mol. The molecule has 1 saturated heterocycles. The molecule has 1 amide bonds. The molecule has 2 N–H and O–H groups in total. The van der Waals surface area contributed by atoms with Gasteiger partial charge in [-0.25, -0.2) is 0 Å². The Balaban J connectivity index is 1.78. The number of rotatable bonds is 3. The molecule has 2 rings (SSSR count). The Labute approximate surface area is 108 Å². The van der Waals surface area contributed by atoms with Crippen LogP contribution >= 0.6 is 27.3 Å². The number of hydrogen-bond acceptors (Lipinski definition) is 3. The molecule has 0 saturated carbocycles. The summed E-state index contributed by atoms with van der Waals surface area (Å²) in [5.41, 5.74) is 0. The summed E-state index contributed by atoms with van der Waals surface area (Å²) in [6.45, 7) is 2.57. The van der Waals surface area contributed by atoms with Gasteiger partial charge in [0.2, 0.25) is 5.91 Å². The number of carbonyl (C=O) groups is 1. The van der Waals surface area contributed by atoms with Gasteiger partial charge in [-0.1, -0.05) is 0 Å². The summed E-state index contributed by atoms with van der Waals surface area (Å²) in [7, 11) is 0. The van der Waals surface area contributed by atoms with E-state index in [-0.39, 0.29) is 11.8 Å². The second-order valence-electron chi connectivity index (χ2n) is 3.95. The lowest BCUT2D eigenvalue weighted by molar-refractivity contribution is -0.125. The monoisotopic (exact) mass is 302 g/mol. The Morgan fingerprint density at radius 1 is 1.50 bits per heavy atom. The molecule has 0 radical (unpaired) electrons. The number of carbonyl (C=O) groups excluding carboxylic acids is 1. The zero-order valence-electron chi connectivity index (χ0n) is 8.96. The molecule has 1 aliphatic heterocycles. The highest BCUT2D eigenvalue weighted by Gasteiger charge is 2.20. The van der Waals surface area contributed by atoms with Crippen molar-refractivity contribution in [1.82, 2.24) is 10.6 Å². The zero-order chi connectivity index (χ0) is 11.4. The third-order valence-corrected chi connectivity index (χ3v) is 4.40. The molecule has 0 unspecified atom stereocenters. The second kappa shape index (κ2) is 5.80. The predicted molar refractivity (Wildman–Crippen MR) is 69.5 cm³/mol. The van der Waals surface area contributed by atoms with Crippen molar-refractivity contribution in [2.45, 2.75) is 19.4 Å². The van der Waals surface area contributed by atoms with Crippen LogP contribution in [-0.4, -0.2) is 19.0 Å². The van der Waals surface area contributed by atoms with E-state index in [0.717, 1.165) is 29.7 Å². The van der Waals surface area contributed by atoms with E-state index in [0.29, 0.717) is 6.54 Å². The normalized spacial score (nSPS) is 17.3. The first-order valence-corrected chi connectivity index (χ1v) is 7.09. The van der Waals surface area contributed by atoms with Crippen molar-refractivity contribution < 1.29 is 4.79 Å². The molecule has 0 aliphatic carbocycles. The molecule has 1 fully saturated rings. The van der Waals surface area contributed by atoms with Crippen molar-refractivity contribution >= 4 is 33.2 Å². The lowest BCUT2D eigenvalue weighted by atomic mass is 9.97. The molecule has 1 aliphatic rings. The third kappa shape index (κ3) is 3.30. The Morgan fingerprint density at radius 2 is 2.25 bits per heavy atom. The van der Waals surface area contributed by atoms with Crippen LogP contribution in [0.3, 0.4) is 0 Å². The summed E-state index contributed by atoms with van der Waals surface area (Å²) < 4.78 is 1.11. The van der Waals surface area contributed by atoms with Crippen molar-refractivity contribution in [2.75, 3.05) is 13.1 Å². The largest absolute Gasteiger partial charge is 0.351 e. The minimum absolute atomic E-state index is 0.199. The van der Waals surface area contributed by atoms with Gasteiger partial charge in [-0.3, -0.25) is 4.79 Å². The van der Waals surface area contributed by atoms with Gasteiger partial charge in [0.25, 0.3) is 0 Å². The van der Waals surface area contributed by atoms with Crippen LogP contribution in [0.5, 0.6) is 0 Å². The van der Waals surface area contributed by atoms with E-state index in [1.165, 1.54) is 4.88 Å². The number of thiophene rings is 1. The summed E-state index contributed by atoms with van der Waals surface area (Å²) in [5, 5.41) is 6.27. The third-order valence-electron chi connectivity index (χ3n) is 2.78. The smallest absolute Gasteiger partial charge is 0.223 e. The number of halogens is 1. The molecular weight excluding hydrogens is 288 g/mol. The number of amides is 1. The molecular formula is C11H15BrN2OS. The van der Waals surface area contributed by atoms with Crippen LogP contribution in [0, 0.1) is 5.92 Å². The van der Waals surface area contributed by atoms with Crippen LogP contribution in [0.2, 0.25) is 0 Å². The standard InChI is InChI=1S/C11H15BrN2OS/c12-10-2-1-9(16-10)7-14-11(15)8-3-5-13-6-4-8/h1-2,8,13H,3-7H2,(H,14,15). The van der Waals surface area contributed by atoms with Crippen molar-refractivity contribution in [3.8, 4) is 0 Å². The topological polar surface area (TPSA) is 41.1 Å². The molecule has 0 aromatic carbocycles. The van der Waals surface area contributed by atoms with Crippen LogP contribution in [0.25, 0.3) is 0 Å². The molecule has 1 aromatic rings. The Kier molecular flexibility index (Phi) is 4.37. The van der Waals surface area contributed by atoms with Crippen molar-refractivity contribution in [3.05, 3.63) is 20.8 Å². The van der Waals surface area contributed by atoms with E-state index >= 15 is 0 Å². The van der Waals surface area contributed by atoms with E-state index in [1.807, 2.05) is 12.1 Å². The average Bonchev–Trinajstić information content (AvgIpc) is 2.73. The summed E-state index contributed by atoms with van der Waals surface area (Å²) in [5.74, 6) is 0.399. The Bertz CT molecular complexity index is 361. The maximum Gasteiger partial charge on any atom is 0.223 e. The van der Waals surface area contributed by atoms with Crippen LogP contribution in [0.4, 0.5) is 0 Å². The molecule has 2 heterocycles. The minimum atomic E-state index is 0.199. The zero-order valence-corrected chi connectivity index (χ0v) is 11.4. The first-order valence-electron chi connectivity index (χ1n) is 5.48. The predicted octanol–water partition coefficient (Wildman–Crippen LogP) is 2.13. The fourth-order valence-corrected chi connectivity index (χ4v) is 3.27. The lowest BCUT2D eigenvalue weighted by Gasteiger charge is -2.21. The number of piperidine rings is 1. The number of nitrogens with one attached hydrogen (secondary N) is 2. The fraction of sp³-hybridized carbons (Fsp3) is 0.545. The van der Waals surface area contributed by atoms with E-state index in [2.05, 4.69) is 26.6 Å². The Morgan fingerprint density at radius 3 is 2.88 bits per heavy atom. The van der Waals surface area contributed by atoms with Gasteiger partial charge in [-0.05, 0) is 54.0 Å². The SMILES string of the molecule is O=C(NCc1ccc(Br)s1)C1CCNCC1. The van der Waals surface area contributed by atoms with Gasteiger partial charge < -0.3 is 10.6 Å². The highest BCUT2D eigenvalue weighted by molar-refractivity contribution is 9.11. The quantitative estimate of drug-likeness (QED) is 0.898. The van der Waals surface area contributed by atoms with Crippen LogP contribution in [-0.2, 0) is 11.3 Å². The summed E-state index contributed by atoms with van der Waals surface area (Å²) in [6.07, 6.45) is 1.92. The summed E-state index contributed by atoms with van der Waals surface area (Å²) in [6, 6.07) is 4.05. The van der Waals surface area contributed by atoms with Crippen molar-refractivity contribution in [1.29, 1.82) is 0 Å². The van der Waals surface area contributed by atoms with E-state index in [9.17, 15) is 4.79 Å². The summed E-state index contributed by atoms with van der Waals surface area (Å²) >= 11 is 5.08. The first kappa shape index (κ1) is 12.1. The van der Waals surface area contributed by atoms with Crippen LogP contribution in [0.1, 0.15) is 17.7 Å². The molecule has 5 heteroatoms. The van der Waals surface area contributed by atoms with Gasteiger partial charge in [0.05, 0.1) is 10.3 Å². The van der Waals surface area contributed by atoms with Crippen molar-refractivity contribution in [2.24, 2.45) is 5.92 Å². The summed E-state index contributed by atoms with van der Waals surface area (Å²) in [4.78, 5) is 13.0. The molecule has 0 spiro atoms. The van der Waals surface area contributed by atoms with E-state index in [4.69, 9.17) is 0 Å². The number of hydrogen-bond donors (Lipinski definition) is 2. The maximum atomic E-state index is 11.8. The van der Waals surface area contributed by atoms with E-state index in [1.54, 1.807) is 11.3 Å². The molecule has 88 valence electrons. The van der Waals surface area contributed by atoms with Crippen molar-refractivity contribution in [3.63, 3.8) is 0 Å². The van der Waals surface area contributed by atoms with Gasteiger partial charge in [0.15, 0.2) is 0 Å². The van der Waals surface area contributed by atoms with Gasteiger partial charge >= 0.3 is 0 Å². The van der Waals surface area contributed by atoms with Gasteiger partial charge in [-0.15, -0.1) is 11.3 Å². The molecule has 16 heavy (non-hydrogen) atoms.